The summed E-state index contributed by atoms with van der Waals surface area (Å²) in [6, 6.07) is 18.3. The minimum atomic E-state index is -0.218. The first-order valence-corrected chi connectivity index (χ1v) is 7.52. The van der Waals surface area contributed by atoms with Crippen molar-refractivity contribution in [2.45, 2.75) is 11.8 Å². The van der Waals surface area contributed by atoms with Crippen molar-refractivity contribution in [3.63, 3.8) is 0 Å². The maximum absolute atomic E-state index is 13.8. The van der Waals surface area contributed by atoms with Gasteiger partial charge in [0.05, 0.1) is 5.38 Å². The standard InChI is InChI=1S/C18H13Cl2F/c19-13-7-5-12(6-8-13)11-17(20)15-9-10-18(21)16-4-2-1-3-14(15)16/h1-10,17H,11H2. The number of fused-ring (bicyclic) bond motifs is 1. The first-order valence-electron chi connectivity index (χ1n) is 6.71. The fourth-order valence-corrected chi connectivity index (χ4v) is 2.99. The van der Waals surface area contributed by atoms with Crippen LogP contribution >= 0.6 is 23.2 Å². The highest BCUT2D eigenvalue weighted by Gasteiger charge is 2.14. The summed E-state index contributed by atoms with van der Waals surface area (Å²) in [7, 11) is 0. The molecule has 1 atom stereocenters. The molecule has 0 aliphatic carbocycles. The first-order chi connectivity index (χ1) is 10.1. The Morgan fingerprint density at radius 2 is 1.52 bits per heavy atom. The maximum atomic E-state index is 13.8. The summed E-state index contributed by atoms with van der Waals surface area (Å²) in [5.41, 5.74) is 2.05. The monoisotopic (exact) mass is 318 g/mol. The highest BCUT2D eigenvalue weighted by Crippen LogP contribution is 2.32. The SMILES string of the molecule is Fc1ccc(C(Cl)Cc2ccc(Cl)cc2)c2ccccc12. The molecule has 0 N–H and O–H groups in total. The molecule has 0 aromatic heterocycles. The van der Waals surface area contributed by atoms with Crippen LogP contribution in [-0.2, 0) is 6.42 Å². The first kappa shape index (κ1) is 14.4. The summed E-state index contributed by atoms with van der Waals surface area (Å²) < 4.78 is 13.8. The number of benzene rings is 3. The van der Waals surface area contributed by atoms with Gasteiger partial charge in [-0.05, 0) is 41.1 Å². The Bertz CT molecular complexity index is 766. The van der Waals surface area contributed by atoms with E-state index in [9.17, 15) is 4.39 Å². The van der Waals surface area contributed by atoms with Gasteiger partial charge in [0.2, 0.25) is 0 Å². The van der Waals surface area contributed by atoms with E-state index in [1.165, 1.54) is 6.07 Å². The van der Waals surface area contributed by atoms with Gasteiger partial charge in [-0.1, -0.05) is 54.1 Å². The van der Waals surface area contributed by atoms with Crippen molar-refractivity contribution in [2.24, 2.45) is 0 Å². The molecule has 0 bridgehead atoms. The largest absolute Gasteiger partial charge is 0.206 e. The van der Waals surface area contributed by atoms with E-state index in [-0.39, 0.29) is 11.2 Å². The van der Waals surface area contributed by atoms with E-state index in [0.29, 0.717) is 16.8 Å². The lowest BCUT2D eigenvalue weighted by atomic mass is 9.98. The molecule has 0 saturated heterocycles. The van der Waals surface area contributed by atoms with E-state index in [2.05, 4.69) is 0 Å². The Hall–Kier alpha value is -1.57. The fraction of sp³-hybridized carbons (Fsp3) is 0.111. The minimum Gasteiger partial charge on any atom is -0.206 e. The lowest BCUT2D eigenvalue weighted by Gasteiger charge is -2.13. The Morgan fingerprint density at radius 1 is 0.857 bits per heavy atom. The molecule has 0 fully saturated rings. The molecule has 1 unspecified atom stereocenters. The van der Waals surface area contributed by atoms with Gasteiger partial charge in [-0.3, -0.25) is 0 Å². The molecule has 0 nitrogen and oxygen atoms in total. The smallest absolute Gasteiger partial charge is 0.131 e. The van der Waals surface area contributed by atoms with E-state index < -0.39 is 0 Å². The van der Waals surface area contributed by atoms with E-state index in [0.717, 1.165) is 16.5 Å². The third kappa shape index (κ3) is 3.04. The van der Waals surface area contributed by atoms with Crippen LogP contribution in [0.5, 0.6) is 0 Å². The third-order valence-electron chi connectivity index (χ3n) is 3.57. The van der Waals surface area contributed by atoms with Crippen LogP contribution in [0.25, 0.3) is 10.8 Å². The fourth-order valence-electron chi connectivity index (χ4n) is 2.50. The zero-order chi connectivity index (χ0) is 14.8. The Labute approximate surface area is 133 Å². The van der Waals surface area contributed by atoms with Gasteiger partial charge in [0.15, 0.2) is 0 Å². The molecule has 21 heavy (non-hydrogen) atoms. The van der Waals surface area contributed by atoms with Gasteiger partial charge in [0.25, 0.3) is 0 Å². The average molecular weight is 319 g/mol. The van der Waals surface area contributed by atoms with Crippen LogP contribution in [0.15, 0.2) is 60.7 Å². The molecule has 0 heterocycles. The van der Waals surface area contributed by atoms with E-state index >= 15 is 0 Å². The Kier molecular flexibility index (Phi) is 4.14. The summed E-state index contributed by atoms with van der Waals surface area (Å²) >= 11 is 12.4. The Morgan fingerprint density at radius 3 is 2.24 bits per heavy atom. The topological polar surface area (TPSA) is 0 Å². The lowest BCUT2D eigenvalue weighted by molar-refractivity contribution is 0.639. The lowest BCUT2D eigenvalue weighted by Crippen LogP contribution is -1.98. The van der Waals surface area contributed by atoms with Gasteiger partial charge in [-0.15, -0.1) is 11.6 Å². The van der Waals surface area contributed by atoms with Crippen LogP contribution in [0.2, 0.25) is 5.02 Å². The number of rotatable bonds is 3. The number of alkyl halides is 1. The van der Waals surface area contributed by atoms with Crippen LogP contribution < -0.4 is 0 Å². The van der Waals surface area contributed by atoms with Crippen LogP contribution in [0.1, 0.15) is 16.5 Å². The van der Waals surface area contributed by atoms with Crippen molar-refractivity contribution < 1.29 is 4.39 Å². The van der Waals surface area contributed by atoms with Crippen molar-refractivity contribution in [3.8, 4) is 0 Å². The second kappa shape index (κ2) is 6.05. The van der Waals surface area contributed by atoms with Crippen molar-refractivity contribution in [2.75, 3.05) is 0 Å². The van der Waals surface area contributed by atoms with Crippen LogP contribution in [0.4, 0.5) is 4.39 Å². The molecule has 0 radical (unpaired) electrons. The predicted octanol–water partition coefficient (Wildman–Crippen LogP) is 6.15. The third-order valence-corrected chi connectivity index (χ3v) is 4.21. The highest BCUT2D eigenvalue weighted by atomic mass is 35.5. The second-order valence-corrected chi connectivity index (χ2v) is 5.94. The van der Waals surface area contributed by atoms with Crippen LogP contribution in [0.3, 0.4) is 0 Å². The molecule has 0 aliphatic rings. The van der Waals surface area contributed by atoms with Gasteiger partial charge < -0.3 is 0 Å². The number of halogens is 3. The minimum absolute atomic E-state index is 0.211. The zero-order valence-corrected chi connectivity index (χ0v) is 12.7. The van der Waals surface area contributed by atoms with Gasteiger partial charge in [-0.2, -0.15) is 0 Å². The van der Waals surface area contributed by atoms with Gasteiger partial charge in [-0.25, -0.2) is 4.39 Å². The second-order valence-electron chi connectivity index (χ2n) is 4.98. The quantitative estimate of drug-likeness (QED) is 0.508. The maximum Gasteiger partial charge on any atom is 0.131 e. The molecule has 106 valence electrons. The zero-order valence-electron chi connectivity index (χ0n) is 11.2. The number of hydrogen-bond donors (Lipinski definition) is 0. The predicted molar refractivity (Wildman–Crippen MR) is 87.7 cm³/mol. The van der Waals surface area contributed by atoms with Crippen LogP contribution in [0, 0.1) is 5.82 Å². The molecule has 0 aliphatic heterocycles. The molecular weight excluding hydrogens is 306 g/mol. The molecule has 3 heteroatoms. The average Bonchev–Trinajstić information content (AvgIpc) is 2.50. The summed E-state index contributed by atoms with van der Waals surface area (Å²) in [5, 5.41) is 1.97. The van der Waals surface area contributed by atoms with Gasteiger partial charge >= 0.3 is 0 Å². The summed E-state index contributed by atoms with van der Waals surface area (Å²) in [4.78, 5) is 0. The Balaban J connectivity index is 1.96. The summed E-state index contributed by atoms with van der Waals surface area (Å²) in [6.45, 7) is 0. The summed E-state index contributed by atoms with van der Waals surface area (Å²) in [5.74, 6) is -0.218. The van der Waals surface area contributed by atoms with Gasteiger partial charge in [0.1, 0.15) is 5.82 Å². The van der Waals surface area contributed by atoms with E-state index in [1.54, 1.807) is 12.1 Å². The highest BCUT2D eigenvalue weighted by molar-refractivity contribution is 6.30. The van der Waals surface area contributed by atoms with Crippen molar-refractivity contribution in [3.05, 3.63) is 82.6 Å². The van der Waals surface area contributed by atoms with Crippen LogP contribution in [-0.4, -0.2) is 0 Å². The van der Waals surface area contributed by atoms with Gasteiger partial charge in [0, 0.05) is 10.4 Å². The molecule has 3 aromatic rings. The van der Waals surface area contributed by atoms with Crippen molar-refractivity contribution >= 4 is 34.0 Å². The van der Waals surface area contributed by atoms with Crippen molar-refractivity contribution in [1.29, 1.82) is 0 Å². The molecule has 0 spiro atoms. The van der Waals surface area contributed by atoms with Crippen molar-refractivity contribution in [1.82, 2.24) is 0 Å². The summed E-state index contributed by atoms with van der Waals surface area (Å²) in [6.07, 6.45) is 0.675. The van der Waals surface area contributed by atoms with E-state index in [1.807, 2.05) is 42.5 Å². The number of hydrogen-bond acceptors (Lipinski definition) is 0. The molecule has 0 saturated carbocycles. The molecule has 0 amide bonds. The molecular formula is C18H13Cl2F. The molecule has 3 aromatic carbocycles. The normalized spacial score (nSPS) is 12.5. The molecule has 3 rings (SSSR count). The van der Waals surface area contributed by atoms with E-state index in [4.69, 9.17) is 23.2 Å².